The number of para-hydroxylation sites is 1. The van der Waals surface area contributed by atoms with E-state index in [1.807, 2.05) is 50.2 Å². The minimum Gasteiger partial charge on any atom is -0.356 e. The third kappa shape index (κ3) is 2.44. The third-order valence-corrected chi connectivity index (χ3v) is 2.81. The van der Waals surface area contributed by atoms with Crippen LogP contribution in [-0.4, -0.2) is 17.4 Å². The van der Waals surface area contributed by atoms with E-state index < -0.39 is 0 Å². The number of nitrogens with zero attached hydrogens (tertiary/aromatic N) is 1. The van der Waals surface area contributed by atoms with Crippen LogP contribution in [0.2, 0.25) is 0 Å². The molecular formula is C14H16N2O. The molecule has 1 heterocycles. The van der Waals surface area contributed by atoms with E-state index in [0.717, 1.165) is 16.6 Å². The Morgan fingerprint density at radius 1 is 1.29 bits per heavy atom. The maximum absolute atomic E-state index is 11.7. The zero-order valence-electron chi connectivity index (χ0n) is 10.1. The molecule has 0 spiro atoms. The van der Waals surface area contributed by atoms with E-state index in [2.05, 4.69) is 10.3 Å². The molecule has 1 unspecified atom stereocenters. The number of benzene rings is 1. The first kappa shape index (κ1) is 11.6. The Morgan fingerprint density at radius 3 is 2.82 bits per heavy atom. The summed E-state index contributed by atoms with van der Waals surface area (Å²) in [6, 6.07) is 11.8. The lowest BCUT2D eigenvalue weighted by Crippen LogP contribution is -2.27. The van der Waals surface area contributed by atoms with E-state index in [4.69, 9.17) is 0 Å². The highest BCUT2D eigenvalue weighted by atomic mass is 16.1. The number of nitrogens with one attached hydrogen (secondary N) is 1. The molecule has 0 saturated carbocycles. The number of rotatable bonds is 3. The van der Waals surface area contributed by atoms with Crippen molar-refractivity contribution in [3.05, 3.63) is 42.1 Å². The molecule has 2 aromatic rings. The average molecular weight is 228 g/mol. The van der Waals surface area contributed by atoms with Crippen molar-refractivity contribution < 1.29 is 4.79 Å². The Kier molecular flexibility index (Phi) is 3.38. The van der Waals surface area contributed by atoms with Crippen molar-refractivity contribution in [2.24, 2.45) is 0 Å². The molecule has 1 atom stereocenters. The number of hydrogen-bond acceptors (Lipinski definition) is 2. The summed E-state index contributed by atoms with van der Waals surface area (Å²) in [5, 5.41) is 3.91. The molecule has 0 saturated heterocycles. The smallest absolute Gasteiger partial charge is 0.228 e. The van der Waals surface area contributed by atoms with Crippen molar-refractivity contribution in [2.45, 2.75) is 19.8 Å². The molecule has 0 aliphatic rings. The molecule has 0 aliphatic heterocycles. The van der Waals surface area contributed by atoms with Gasteiger partial charge in [0.05, 0.1) is 17.1 Å². The van der Waals surface area contributed by atoms with Crippen LogP contribution in [0.25, 0.3) is 10.9 Å². The van der Waals surface area contributed by atoms with Crippen LogP contribution < -0.4 is 5.32 Å². The molecule has 1 amide bonds. The lowest BCUT2D eigenvalue weighted by molar-refractivity contribution is -0.122. The van der Waals surface area contributed by atoms with Crippen molar-refractivity contribution in [3.8, 4) is 0 Å². The second kappa shape index (κ2) is 4.95. The van der Waals surface area contributed by atoms with Gasteiger partial charge >= 0.3 is 0 Å². The van der Waals surface area contributed by atoms with Gasteiger partial charge < -0.3 is 5.32 Å². The van der Waals surface area contributed by atoms with Gasteiger partial charge in [-0.15, -0.1) is 0 Å². The number of aromatic nitrogens is 1. The molecule has 1 N–H and O–H groups in total. The van der Waals surface area contributed by atoms with Crippen LogP contribution in [0.3, 0.4) is 0 Å². The van der Waals surface area contributed by atoms with Crippen LogP contribution in [0.15, 0.2) is 36.4 Å². The topological polar surface area (TPSA) is 42.0 Å². The van der Waals surface area contributed by atoms with Crippen LogP contribution in [0, 0.1) is 0 Å². The lowest BCUT2D eigenvalue weighted by Gasteiger charge is -2.11. The predicted octanol–water partition coefficient (Wildman–Crippen LogP) is 2.47. The third-order valence-electron chi connectivity index (χ3n) is 2.81. The number of hydrogen-bond donors (Lipinski definition) is 1. The van der Waals surface area contributed by atoms with Gasteiger partial charge in [-0.3, -0.25) is 9.78 Å². The van der Waals surface area contributed by atoms with Crippen molar-refractivity contribution in [1.82, 2.24) is 10.3 Å². The van der Waals surface area contributed by atoms with Crippen molar-refractivity contribution >= 4 is 16.8 Å². The Balaban J connectivity index is 2.32. The predicted molar refractivity (Wildman–Crippen MR) is 68.8 cm³/mol. The molecule has 1 aromatic heterocycles. The maximum atomic E-state index is 11.7. The largest absolute Gasteiger partial charge is 0.356 e. The van der Waals surface area contributed by atoms with Crippen LogP contribution in [0.4, 0.5) is 0 Å². The van der Waals surface area contributed by atoms with Crippen LogP contribution >= 0.6 is 0 Å². The van der Waals surface area contributed by atoms with Crippen LogP contribution in [0.5, 0.6) is 0 Å². The molecule has 3 nitrogen and oxygen atoms in total. The standard InChI is InChI=1S/C14H16N2O/c1-3-15-14(17)10(2)12-9-8-11-6-4-5-7-13(11)16-12/h4-10H,3H2,1-2H3,(H,15,17). The first-order valence-electron chi connectivity index (χ1n) is 5.85. The second-order valence-corrected chi connectivity index (χ2v) is 4.05. The first-order valence-corrected chi connectivity index (χ1v) is 5.85. The second-order valence-electron chi connectivity index (χ2n) is 4.05. The molecule has 17 heavy (non-hydrogen) atoms. The number of carbonyl (C=O) groups excluding carboxylic acids is 1. The number of carbonyl (C=O) groups is 1. The number of amides is 1. The van der Waals surface area contributed by atoms with E-state index in [1.165, 1.54) is 0 Å². The number of fused-ring (bicyclic) bond motifs is 1. The minimum atomic E-state index is -0.209. The molecule has 3 heteroatoms. The van der Waals surface area contributed by atoms with E-state index in [9.17, 15) is 4.79 Å². The van der Waals surface area contributed by atoms with Crippen LogP contribution in [-0.2, 0) is 4.79 Å². The molecule has 88 valence electrons. The van der Waals surface area contributed by atoms with Crippen LogP contribution in [0.1, 0.15) is 25.5 Å². The van der Waals surface area contributed by atoms with Gasteiger partial charge in [0.1, 0.15) is 0 Å². The summed E-state index contributed by atoms with van der Waals surface area (Å²) in [5.74, 6) is -0.185. The highest BCUT2D eigenvalue weighted by Crippen LogP contribution is 2.17. The van der Waals surface area contributed by atoms with E-state index >= 15 is 0 Å². The molecular weight excluding hydrogens is 212 g/mol. The highest BCUT2D eigenvalue weighted by molar-refractivity contribution is 5.84. The van der Waals surface area contributed by atoms with Gasteiger partial charge in [0.15, 0.2) is 0 Å². The summed E-state index contributed by atoms with van der Waals surface area (Å²) in [6.45, 7) is 4.44. The van der Waals surface area contributed by atoms with E-state index in [1.54, 1.807) is 0 Å². The first-order chi connectivity index (χ1) is 8.22. The Bertz CT molecular complexity index is 536. The summed E-state index contributed by atoms with van der Waals surface area (Å²) in [6.07, 6.45) is 0. The molecule has 0 fully saturated rings. The fourth-order valence-electron chi connectivity index (χ4n) is 1.78. The number of likely N-dealkylation sites (N-methyl/N-ethyl adjacent to an activating group) is 1. The summed E-state index contributed by atoms with van der Waals surface area (Å²) in [5.41, 5.74) is 1.75. The van der Waals surface area contributed by atoms with Gasteiger partial charge in [0.2, 0.25) is 5.91 Å². The van der Waals surface area contributed by atoms with Gasteiger partial charge in [-0.25, -0.2) is 0 Å². The summed E-state index contributed by atoms with van der Waals surface area (Å²) >= 11 is 0. The van der Waals surface area contributed by atoms with E-state index in [0.29, 0.717) is 6.54 Å². The van der Waals surface area contributed by atoms with Crippen molar-refractivity contribution in [2.75, 3.05) is 6.54 Å². The summed E-state index contributed by atoms with van der Waals surface area (Å²) in [4.78, 5) is 16.2. The molecule has 0 aliphatic carbocycles. The fourth-order valence-corrected chi connectivity index (χ4v) is 1.78. The Morgan fingerprint density at radius 2 is 2.06 bits per heavy atom. The minimum absolute atomic E-state index is 0.0234. The maximum Gasteiger partial charge on any atom is 0.228 e. The monoisotopic (exact) mass is 228 g/mol. The fraction of sp³-hybridized carbons (Fsp3) is 0.286. The Labute approximate surface area is 101 Å². The molecule has 0 radical (unpaired) electrons. The van der Waals surface area contributed by atoms with Crippen molar-refractivity contribution in [3.63, 3.8) is 0 Å². The van der Waals surface area contributed by atoms with E-state index in [-0.39, 0.29) is 11.8 Å². The van der Waals surface area contributed by atoms with Gasteiger partial charge in [0.25, 0.3) is 0 Å². The van der Waals surface area contributed by atoms with Crippen molar-refractivity contribution in [1.29, 1.82) is 0 Å². The van der Waals surface area contributed by atoms with Gasteiger partial charge in [-0.1, -0.05) is 24.3 Å². The Hall–Kier alpha value is -1.90. The van der Waals surface area contributed by atoms with Gasteiger partial charge in [-0.05, 0) is 26.0 Å². The zero-order chi connectivity index (χ0) is 12.3. The van der Waals surface area contributed by atoms with Gasteiger partial charge in [0, 0.05) is 11.9 Å². The number of pyridine rings is 1. The SMILES string of the molecule is CCNC(=O)C(C)c1ccc2ccccc2n1. The zero-order valence-corrected chi connectivity index (χ0v) is 10.1. The highest BCUT2D eigenvalue weighted by Gasteiger charge is 2.15. The normalized spacial score (nSPS) is 12.4. The molecule has 2 rings (SSSR count). The lowest BCUT2D eigenvalue weighted by atomic mass is 10.1. The quantitative estimate of drug-likeness (QED) is 0.876. The average Bonchev–Trinajstić information content (AvgIpc) is 2.37. The summed E-state index contributed by atoms with van der Waals surface area (Å²) in [7, 11) is 0. The van der Waals surface area contributed by atoms with Gasteiger partial charge in [-0.2, -0.15) is 0 Å². The summed E-state index contributed by atoms with van der Waals surface area (Å²) < 4.78 is 0. The molecule has 1 aromatic carbocycles. The molecule has 0 bridgehead atoms.